The van der Waals surface area contributed by atoms with Crippen LogP contribution in [0.4, 0.5) is 0 Å². The molecule has 1 rings (SSSR count). The summed E-state index contributed by atoms with van der Waals surface area (Å²) >= 11 is 0. The first kappa shape index (κ1) is 20.5. The van der Waals surface area contributed by atoms with Gasteiger partial charge in [0.15, 0.2) is 5.78 Å². The first-order valence-corrected chi connectivity index (χ1v) is 10.4. The molecule has 1 unspecified atom stereocenters. The summed E-state index contributed by atoms with van der Waals surface area (Å²) in [7, 11) is 0. The van der Waals surface area contributed by atoms with Crippen LogP contribution in [0.3, 0.4) is 0 Å². The van der Waals surface area contributed by atoms with Crippen LogP contribution >= 0.6 is 0 Å². The van der Waals surface area contributed by atoms with Gasteiger partial charge in [-0.15, -0.1) is 0 Å². The molecular formula is C22H40O. The van der Waals surface area contributed by atoms with E-state index in [0.717, 1.165) is 18.8 Å². The molecule has 0 radical (unpaired) electrons. The van der Waals surface area contributed by atoms with Crippen LogP contribution in [0, 0.1) is 11.8 Å². The molecule has 0 aromatic heterocycles. The van der Waals surface area contributed by atoms with E-state index in [1.807, 2.05) is 6.08 Å². The van der Waals surface area contributed by atoms with Crippen LogP contribution in [0.15, 0.2) is 12.2 Å². The number of carbonyl (C=O) groups is 1. The van der Waals surface area contributed by atoms with Crippen LogP contribution < -0.4 is 0 Å². The smallest absolute Gasteiger partial charge is 0.158 e. The molecule has 1 atom stereocenters. The Kier molecular flexibility index (Phi) is 12.3. The zero-order valence-corrected chi connectivity index (χ0v) is 15.8. The lowest BCUT2D eigenvalue weighted by atomic mass is 9.82. The van der Waals surface area contributed by atoms with E-state index in [1.54, 1.807) is 0 Å². The van der Waals surface area contributed by atoms with Crippen molar-refractivity contribution in [1.29, 1.82) is 0 Å². The van der Waals surface area contributed by atoms with Crippen molar-refractivity contribution in [2.45, 2.75) is 110 Å². The summed E-state index contributed by atoms with van der Waals surface area (Å²) in [5, 5.41) is 0. The van der Waals surface area contributed by atoms with Crippen LogP contribution in [-0.4, -0.2) is 5.78 Å². The van der Waals surface area contributed by atoms with Crippen LogP contribution in [0.25, 0.3) is 0 Å². The van der Waals surface area contributed by atoms with Crippen molar-refractivity contribution in [2.24, 2.45) is 11.8 Å². The molecule has 0 aromatic rings. The van der Waals surface area contributed by atoms with Crippen molar-refractivity contribution in [3.63, 3.8) is 0 Å². The van der Waals surface area contributed by atoms with E-state index in [0.29, 0.717) is 5.78 Å². The van der Waals surface area contributed by atoms with Gasteiger partial charge in [0.05, 0.1) is 0 Å². The van der Waals surface area contributed by atoms with E-state index >= 15 is 0 Å². The van der Waals surface area contributed by atoms with Crippen molar-refractivity contribution in [3.8, 4) is 0 Å². The Morgan fingerprint density at radius 1 is 0.957 bits per heavy atom. The SMILES string of the molecule is CCCCCCCCCC/C=C/C(=O)C(C)CC1CCCCC1. The summed E-state index contributed by atoms with van der Waals surface area (Å²) in [5.74, 6) is 1.40. The van der Waals surface area contributed by atoms with Gasteiger partial charge in [0.25, 0.3) is 0 Å². The van der Waals surface area contributed by atoms with Gasteiger partial charge in [-0.1, -0.05) is 97.0 Å². The van der Waals surface area contributed by atoms with E-state index in [1.165, 1.54) is 83.5 Å². The fraction of sp³-hybridized carbons (Fsp3) is 0.864. The summed E-state index contributed by atoms with van der Waals surface area (Å²) in [6.45, 7) is 4.39. The molecule has 0 aliphatic heterocycles. The minimum atomic E-state index is 0.230. The van der Waals surface area contributed by atoms with Crippen LogP contribution in [-0.2, 0) is 4.79 Å². The fourth-order valence-corrected chi connectivity index (χ4v) is 3.80. The Balaban J connectivity index is 1.99. The number of allylic oxidation sites excluding steroid dienone is 2. The molecular weight excluding hydrogens is 280 g/mol. The van der Waals surface area contributed by atoms with Gasteiger partial charge < -0.3 is 0 Å². The third-order valence-corrected chi connectivity index (χ3v) is 5.40. The number of ketones is 1. The van der Waals surface area contributed by atoms with Gasteiger partial charge in [0.2, 0.25) is 0 Å². The van der Waals surface area contributed by atoms with E-state index in [2.05, 4.69) is 19.9 Å². The van der Waals surface area contributed by atoms with Crippen molar-refractivity contribution >= 4 is 5.78 Å². The number of unbranched alkanes of at least 4 members (excludes halogenated alkanes) is 8. The average molecular weight is 321 g/mol. The summed E-state index contributed by atoms with van der Waals surface area (Å²) in [4.78, 5) is 12.2. The molecule has 0 N–H and O–H groups in total. The van der Waals surface area contributed by atoms with E-state index in [4.69, 9.17) is 0 Å². The highest BCUT2D eigenvalue weighted by Crippen LogP contribution is 2.29. The number of hydrogen-bond acceptors (Lipinski definition) is 1. The Labute approximate surface area is 145 Å². The van der Waals surface area contributed by atoms with E-state index in [-0.39, 0.29) is 5.92 Å². The fourth-order valence-electron chi connectivity index (χ4n) is 3.80. The summed E-state index contributed by atoms with van der Waals surface area (Å²) in [5.41, 5.74) is 0. The predicted molar refractivity (Wildman–Crippen MR) is 102 cm³/mol. The molecule has 1 nitrogen and oxygen atoms in total. The maximum Gasteiger partial charge on any atom is 0.158 e. The standard InChI is InChI=1S/C22H40O/c1-3-4-5-6-7-8-9-10-11-15-18-22(23)20(2)19-21-16-13-12-14-17-21/h15,18,20-21H,3-14,16-17,19H2,1-2H3/b18-15+. The highest BCUT2D eigenvalue weighted by Gasteiger charge is 2.19. The molecule has 0 bridgehead atoms. The van der Waals surface area contributed by atoms with Gasteiger partial charge in [-0.2, -0.15) is 0 Å². The molecule has 1 saturated carbocycles. The highest BCUT2D eigenvalue weighted by atomic mass is 16.1. The van der Waals surface area contributed by atoms with E-state index < -0.39 is 0 Å². The van der Waals surface area contributed by atoms with E-state index in [9.17, 15) is 4.79 Å². The molecule has 1 fully saturated rings. The molecule has 0 amide bonds. The number of carbonyl (C=O) groups excluding carboxylic acids is 1. The van der Waals surface area contributed by atoms with Crippen molar-refractivity contribution in [3.05, 3.63) is 12.2 Å². The molecule has 0 saturated heterocycles. The average Bonchev–Trinajstić information content (AvgIpc) is 2.57. The molecule has 134 valence electrons. The third-order valence-electron chi connectivity index (χ3n) is 5.40. The van der Waals surface area contributed by atoms with Gasteiger partial charge in [-0.25, -0.2) is 0 Å². The van der Waals surface area contributed by atoms with Crippen molar-refractivity contribution < 1.29 is 4.79 Å². The lowest BCUT2D eigenvalue weighted by Crippen LogP contribution is -2.15. The van der Waals surface area contributed by atoms with Gasteiger partial charge in [0.1, 0.15) is 0 Å². The van der Waals surface area contributed by atoms with Crippen LogP contribution in [0.1, 0.15) is 110 Å². The first-order chi connectivity index (χ1) is 11.2. The Bertz CT molecular complexity index is 312. The zero-order chi connectivity index (χ0) is 16.8. The zero-order valence-electron chi connectivity index (χ0n) is 15.8. The Morgan fingerprint density at radius 2 is 1.57 bits per heavy atom. The summed E-state index contributed by atoms with van der Waals surface area (Å²) < 4.78 is 0. The minimum absolute atomic E-state index is 0.230. The topological polar surface area (TPSA) is 17.1 Å². The minimum Gasteiger partial charge on any atom is -0.295 e. The van der Waals surface area contributed by atoms with Gasteiger partial charge in [-0.05, 0) is 31.3 Å². The lowest BCUT2D eigenvalue weighted by molar-refractivity contribution is -0.118. The predicted octanol–water partition coefficient (Wildman–Crippen LogP) is 7.25. The molecule has 23 heavy (non-hydrogen) atoms. The lowest BCUT2D eigenvalue weighted by Gasteiger charge is -2.23. The quantitative estimate of drug-likeness (QED) is 0.258. The van der Waals surface area contributed by atoms with Crippen molar-refractivity contribution in [1.82, 2.24) is 0 Å². The summed E-state index contributed by atoms with van der Waals surface area (Å²) in [6.07, 6.45) is 23.9. The largest absolute Gasteiger partial charge is 0.295 e. The normalized spacial score (nSPS) is 17.7. The second-order valence-corrected chi connectivity index (χ2v) is 7.71. The van der Waals surface area contributed by atoms with Gasteiger partial charge in [0, 0.05) is 5.92 Å². The molecule has 0 spiro atoms. The van der Waals surface area contributed by atoms with Gasteiger partial charge in [-0.3, -0.25) is 4.79 Å². The Hall–Kier alpha value is -0.590. The Morgan fingerprint density at radius 3 is 2.22 bits per heavy atom. The summed E-state index contributed by atoms with van der Waals surface area (Å²) in [6, 6.07) is 0. The van der Waals surface area contributed by atoms with Crippen molar-refractivity contribution in [2.75, 3.05) is 0 Å². The second-order valence-electron chi connectivity index (χ2n) is 7.71. The number of hydrogen-bond donors (Lipinski definition) is 0. The third kappa shape index (κ3) is 10.7. The second kappa shape index (κ2) is 13.8. The maximum atomic E-state index is 12.2. The maximum absolute atomic E-state index is 12.2. The van der Waals surface area contributed by atoms with Crippen LogP contribution in [0.5, 0.6) is 0 Å². The molecule has 0 heterocycles. The number of rotatable bonds is 13. The van der Waals surface area contributed by atoms with Crippen LogP contribution in [0.2, 0.25) is 0 Å². The first-order valence-electron chi connectivity index (χ1n) is 10.4. The molecule has 0 aromatic carbocycles. The molecule has 1 aliphatic rings. The monoisotopic (exact) mass is 320 g/mol. The van der Waals surface area contributed by atoms with Gasteiger partial charge >= 0.3 is 0 Å². The highest BCUT2D eigenvalue weighted by molar-refractivity contribution is 5.91. The molecule has 1 heteroatoms. The molecule has 1 aliphatic carbocycles.